The molecular formula is C25H24N2O5S2. The Kier molecular flexibility index (Phi) is 5.99. The number of rotatable bonds is 5. The molecule has 0 aliphatic carbocycles. The lowest BCUT2D eigenvalue weighted by Crippen LogP contribution is -2.41. The number of para-hydroxylation sites is 1. The van der Waals surface area contributed by atoms with E-state index in [0.717, 1.165) is 27.0 Å². The molecule has 34 heavy (non-hydrogen) atoms. The normalized spacial score (nSPS) is 20.4. The number of amides is 1. The van der Waals surface area contributed by atoms with Crippen molar-refractivity contribution in [1.82, 2.24) is 4.57 Å². The lowest BCUT2D eigenvalue weighted by molar-refractivity contribution is -0.116. The number of fused-ring (bicyclic) bond motifs is 5. The van der Waals surface area contributed by atoms with Gasteiger partial charge in [-0.1, -0.05) is 36.5 Å². The van der Waals surface area contributed by atoms with Gasteiger partial charge in [0.1, 0.15) is 12.3 Å². The second-order valence-corrected chi connectivity index (χ2v) is 10.6. The fourth-order valence-electron chi connectivity index (χ4n) is 4.49. The fourth-order valence-corrected chi connectivity index (χ4v) is 7.31. The summed E-state index contributed by atoms with van der Waals surface area (Å²) >= 11 is 2.84. The SMILES string of the molecule is CCOC(=O)c1ccc(NC(=O)Cn2c3c(sc2=O)C2c4ccccc4OCC2(C)CS3)cc1. The number of hydrogen-bond acceptors (Lipinski definition) is 7. The second-order valence-electron chi connectivity index (χ2n) is 8.67. The molecule has 0 radical (unpaired) electrons. The first-order chi connectivity index (χ1) is 16.4. The van der Waals surface area contributed by atoms with E-state index in [2.05, 4.69) is 18.3 Å². The van der Waals surface area contributed by atoms with E-state index in [9.17, 15) is 14.4 Å². The summed E-state index contributed by atoms with van der Waals surface area (Å²) in [6, 6.07) is 14.5. The number of benzene rings is 2. The second kappa shape index (κ2) is 8.96. The first-order valence-electron chi connectivity index (χ1n) is 11.0. The van der Waals surface area contributed by atoms with E-state index in [4.69, 9.17) is 9.47 Å². The Morgan fingerprint density at radius 1 is 1.21 bits per heavy atom. The Labute approximate surface area is 205 Å². The standard InChI is InChI=1S/C25H24N2O5S2/c1-3-31-23(29)15-8-10-16(11-9-15)26-19(28)12-27-22-21(34-24(27)30)20-17-6-4-5-7-18(17)32-13-25(20,2)14-33-22/h4-11,20H,3,12-14H2,1-2H3,(H,26,28). The Morgan fingerprint density at radius 2 is 1.97 bits per heavy atom. The van der Waals surface area contributed by atoms with Crippen molar-refractivity contribution in [2.75, 3.05) is 24.3 Å². The Bertz CT molecular complexity index is 1310. The van der Waals surface area contributed by atoms with Crippen molar-refractivity contribution in [3.8, 4) is 5.75 Å². The van der Waals surface area contributed by atoms with Gasteiger partial charge in [-0.15, -0.1) is 11.8 Å². The summed E-state index contributed by atoms with van der Waals surface area (Å²) in [5.74, 6) is 1.01. The van der Waals surface area contributed by atoms with Crippen LogP contribution in [0.1, 0.15) is 40.6 Å². The van der Waals surface area contributed by atoms with Crippen LogP contribution >= 0.6 is 23.1 Å². The van der Waals surface area contributed by atoms with Crippen LogP contribution in [0.2, 0.25) is 0 Å². The summed E-state index contributed by atoms with van der Waals surface area (Å²) < 4.78 is 12.6. The number of carbonyl (C=O) groups is 2. The van der Waals surface area contributed by atoms with Crippen LogP contribution in [0.3, 0.4) is 0 Å². The molecule has 2 aliphatic rings. The zero-order chi connectivity index (χ0) is 23.9. The number of aromatic nitrogens is 1. The summed E-state index contributed by atoms with van der Waals surface area (Å²) in [6.45, 7) is 4.77. The maximum Gasteiger partial charge on any atom is 0.338 e. The summed E-state index contributed by atoms with van der Waals surface area (Å²) in [5, 5.41) is 3.68. The minimum atomic E-state index is -0.407. The molecule has 0 fully saturated rings. The van der Waals surface area contributed by atoms with E-state index in [1.54, 1.807) is 47.5 Å². The van der Waals surface area contributed by atoms with Gasteiger partial charge in [0.15, 0.2) is 0 Å². The quantitative estimate of drug-likeness (QED) is 0.528. The van der Waals surface area contributed by atoms with E-state index in [-0.39, 0.29) is 28.7 Å². The number of esters is 1. The predicted molar refractivity (Wildman–Crippen MR) is 132 cm³/mol. The van der Waals surface area contributed by atoms with Crippen LogP contribution in [-0.2, 0) is 16.1 Å². The van der Waals surface area contributed by atoms with Crippen molar-refractivity contribution in [2.45, 2.75) is 31.3 Å². The molecule has 176 valence electrons. The van der Waals surface area contributed by atoms with Gasteiger partial charge >= 0.3 is 10.8 Å². The summed E-state index contributed by atoms with van der Waals surface area (Å²) in [4.78, 5) is 38.4. The van der Waals surface area contributed by atoms with E-state index in [1.165, 1.54) is 11.3 Å². The lowest BCUT2D eigenvalue weighted by Gasteiger charge is -2.44. The van der Waals surface area contributed by atoms with Gasteiger partial charge in [0.25, 0.3) is 0 Å². The van der Waals surface area contributed by atoms with Crippen molar-refractivity contribution in [3.63, 3.8) is 0 Å². The Morgan fingerprint density at radius 3 is 2.74 bits per heavy atom. The number of thioether (sulfide) groups is 1. The molecule has 2 unspecified atom stereocenters. The van der Waals surface area contributed by atoms with E-state index < -0.39 is 5.97 Å². The monoisotopic (exact) mass is 496 g/mol. The minimum absolute atomic E-state index is 0.0612. The van der Waals surface area contributed by atoms with Gasteiger partial charge < -0.3 is 14.8 Å². The number of thiazole rings is 1. The van der Waals surface area contributed by atoms with Crippen LogP contribution in [0.5, 0.6) is 5.75 Å². The zero-order valence-corrected chi connectivity index (χ0v) is 20.5. The number of anilines is 1. The highest BCUT2D eigenvalue weighted by Crippen LogP contribution is 2.56. The van der Waals surface area contributed by atoms with E-state index in [1.807, 2.05) is 18.2 Å². The van der Waals surface area contributed by atoms with Crippen molar-refractivity contribution in [2.24, 2.45) is 5.41 Å². The molecule has 5 rings (SSSR count). The molecule has 9 heteroatoms. The number of hydrogen-bond donors (Lipinski definition) is 1. The third-order valence-corrected chi connectivity index (χ3v) is 8.83. The molecule has 0 bridgehead atoms. The van der Waals surface area contributed by atoms with Crippen LogP contribution in [-0.4, -0.2) is 35.4 Å². The molecule has 7 nitrogen and oxygen atoms in total. The first-order valence-corrected chi connectivity index (χ1v) is 12.8. The molecule has 1 aromatic heterocycles. The molecule has 1 N–H and O–H groups in total. The molecule has 3 heterocycles. The van der Waals surface area contributed by atoms with Gasteiger partial charge in [0, 0.05) is 33.2 Å². The average molecular weight is 497 g/mol. The largest absolute Gasteiger partial charge is 0.493 e. The third kappa shape index (κ3) is 4.03. The third-order valence-electron chi connectivity index (χ3n) is 6.14. The van der Waals surface area contributed by atoms with Crippen LogP contribution < -0.4 is 14.9 Å². The first kappa shape index (κ1) is 22.7. The highest BCUT2D eigenvalue weighted by molar-refractivity contribution is 7.99. The van der Waals surface area contributed by atoms with Crippen LogP contribution in [0.4, 0.5) is 5.69 Å². The fraction of sp³-hybridized carbons (Fsp3) is 0.320. The molecule has 2 atom stereocenters. The highest BCUT2D eigenvalue weighted by atomic mass is 32.2. The van der Waals surface area contributed by atoms with Crippen molar-refractivity contribution in [3.05, 3.63) is 74.2 Å². The molecule has 0 saturated carbocycles. The number of carbonyl (C=O) groups excluding carboxylic acids is 2. The van der Waals surface area contributed by atoms with Gasteiger partial charge in [0.2, 0.25) is 5.91 Å². The van der Waals surface area contributed by atoms with Crippen molar-refractivity contribution < 1.29 is 19.1 Å². The van der Waals surface area contributed by atoms with Gasteiger partial charge in [0.05, 0.1) is 23.8 Å². The summed E-state index contributed by atoms with van der Waals surface area (Å²) in [7, 11) is 0. The molecule has 3 aromatic rings. The van der Waals surface area contributed by atoms with Gasteiger partial charge in [-0.05, 0) is 37.3 Å². The zero-order valence-electron chi connectivity index (χ0n) is 18.8. The lowest BCUT2D eigenvalue weighted by atomic mass is 9.72. The van der Waals surface area contributed by atoms with E-state index in [0.29, 0.717) is 24.5 Å². The summed E-state index contributed by atoms with van der Waals surface area (Å²) in [6.07, 6.45) is 0. The highest BCUT2D eigenvalue weighted by Gasteiger charge is 2.47. The molecular weight excluding hydrogens is 472 g/mol. The topological polar surface area (TPSA) is 86.6 Å². The average Bonchev–Trinajstić information content (AvgIpc) is 3.13. The van der Waals surface area contributed by atoms with Crippen molar-refractivity contribution in [1.29, 1.82) is 0 Å². The van der Waals surface area contributed by atoms with Crippen molar-refractivity contribution >= 4 is 40.7 Å². The van der Waals surface area contributed by atoms with E-state index >= 15 is 0 Å². The van der Waals surface area contributed by atoms with Gasteiger partial charge in [-0.3, -0.25) is 14.2 Å². The predicted octanol–water partition coefficient (Wildman–Crippen LogP) is 4.36. The molecule has 1 amide bonds. The Hall–Kier alpha value is -3.04. The van der Waals surface area contributed by atoms with Crippen LogP contribution in [0.15, 0.2) is 58.4 Å². The summed E-state index contributed by atoms with van der Waals surface area (Å²) in [5.41, 5.74) is 1.94. The maximum absolute atomic E-state index is 13.0. The van der Waals surface area contributed by atoms with Crippen LogP contribution in [0, 0.1) is 5.41 Å². The minimum Gasteiger partial charge on any atom is -0.493 e. The van der Waals surface area contributed by atoms with Gasteiger partial charge in [-0.25, -0.2) is 4.79 Å². The molecule has 0 saturated heterocycles. The molecule has 2 aliphatic heterocycles. The molecule has 2 aromatic carbocycles. The molecule has 0 spiro atoms. The number of ether oxygens (including phenoxy) is 2. The number of nitrogens with one attached hydrogen (secondary N) is 1. The number of nitrogens with zero attached hydrogens (tertiary/aromatic N) is 1. The van der Waals surface area contributed by atoms with Gasteiger partial charge in [-0.2, -0.15) is 0 Å². The smallest absolute Gasteiger partial charge is 0.338 e. The Balaban J connectivity index is 1.38. The maximum atomic E-state index is 13.0. The van der Waals surface area contributed by atoms with Crippen LogP contribution in [0.25, 0.3) is 0 Å².